The Morgan fingerprint density at radius 3 is 2.18 bits per heavy atom. The molecule has 7 rings (SSSR count). The minimum absolute atomic E-state index is 0.144. The smallest absolute Gasteiger partial charge is 0.251 e. The second kappa shape index (κ2) is 6.76. The van der Waals surface area contributed by atoms with Crippen molar-refractivity contribution in [3.8, 4) is 11.5 Å². The molecule has 1 aliphatic heterocycles. The molecule has 1 heterocycles. The van der Waals surface area contributed by atoms with Crippen LogP contribution in [0.25, 0.3) is 32.3 Å². The Labute approximate surface area is 193 Å². The number of hydrogen-bond acceptors (Lipinski definition) is 2. The van der Waals surface area contributed by atoms with Gasteiger partial charge in [0.1, 0.15) is 11.5 Å². The molecule has 6 aromatic rings. The van der Waals surface area contributed by atoms with Crippen LogP contribution in [0.4, 0.5) is 5.69 Å². The van der Waals surface area contributed by atoms with Crippen LogP contribution >= 0.6 is 0 Å². The van der Waals surface area contributed by atoms with Gasteiger partial charge in [-0.3, -0.25) is 0 Å². The van der Waals surface area contributed by atoms with E-state index in [0.717, 1.165) is 11.5 Å². The largest absolute Gasteiger partial charge is 0.458 e. The third-order valence-electron chi connectivity index (χ3n) is 7.11. The Morgan fingerprint density at radius 1 is 0.636 bits per heavy atom. The Balaban J connectivity index is 1.61. The van der Waals surface area contributed by atoms with Crippen LogP contribution in [0.5, 0.6) is 11.5 Å². The number of rotatable bonds is 2. The molecule has 3 heteroatoms. The molecular weight excluding hydrogens is 401 g/mol. The summed E-state index contributed by atoms with van der Waals surface area (Å²) in [7, 11) is 4.22. The van der Waals surface area contributed by atoms with Gasteiger partial charge in [0.05, 0.1) is 0 Å². The van der Waals surface area contributed by atoms with Crippen LogP contribution in [-0.4, -0.2) is 20.8 Å². The van der Waals surface area contributed by atoms with Gasteiger partial charge in [0.2, 0.25) is 0 Å². The van der Waals surface area contributed by atoms with E-state index in [1.807, 2.05) is 0 Å². The maximum atomic E-state index is 6.65. The van der Waals surface area contributed by atoms with E-state index in [4.69, 9.17) is 4.74 Å². The van der Waals surface area contributed by atoms with Crippen LogP contribution < -0.4 is 26.0 Å². The minimum Gasteiger partial charge on any atom is -0.458 e. The van der Waals surface area contributed by atoms with Crippen molar-refractivity contribution in [2.45, 2.75) is 0 Å². The average Bonchev–Trinajstić information content (AvgIpc) is 2.85. The van der Waals surface area contributed by atoms with Crippen molar-refractivity contribution in [2.75, 3.05) is 19.0 Å². The first-order chi connectivity index (χ1) is 16.2. The molecule has 1 aliphatic rings. The highest BCUT2D eigenvalue weighted by atomic mass is 16.5. The van der Waals surface area contributed by atoms with Crippen molar-refractivity contribution in [3.63, 3.8) is 0 Å². The molecule has 0 N–H and O–H groups in total. The number of para-hydroxylation sites is 1. The summed E-state index contributed by atoms with van der Waals surface area (Å²) in [5.74, 6) is 1.93. The van der Waals surface area contributed by atoms with Crippen LogP contribution in [0.2, 0.25) is 0 Å². The molecule has 0 bridgehead atoms. The Bertz CT molecular complexity index is 1670. The van der Waals surface area contributed by atoms with Gasteiger partial charge in [-0.2, -0.15) is 0 Å². The van der Waals surface area contributed by atoms with Crippen LogP contribution in [0.15, 0.2) is 97.1 Å². The topological polar surface area (TPSA) is 12.5 Å². The lowest BCUT2D eigenvalue weighted by atomic mass is 9.35. The second-order valence-electron chi connectivity index (χ2n) is 9.18. The fourth-order valence-electron chi connectivity index (χ4n) is 5.67. The normalized spacial score (nSPS) is 12.7. The van der Waals surface area contributed by atoms with Crippen LogP contribution in [0.3, 0.4) is 0 Å². The highest BCUT2D eigenvalue weighted by Gasteiger charge is 2.33. The van der Waals surface area contributed by atoms with E-state index >= 15 is 0 Å². The lowest BCUT2D eigenvalue weighted by molar-refractivity contribution is 0.493. The summed E-state index contributed by atoms with van der Waals surface area (Å²) in [5.41, 5.74) is 4.98. The van der Waals surface area contributed by atoms with Crippen molar-refractivity contribution in [3.05, 3.63) is 97.1 Å². The van der Waals surface area contributed by atoms with Crippen molar-refractivity contribution in [1.82, 2.24) is 0 Å². The summed E-state index contributed by atoms with van der Waals surface area (Å²) in [5, 5.41) is 7.61. The summed E-state index contributed by atoms with van der Waals surface area (Å²) in [6, 6.07) is 35.1. The first-order valence-electron chi connectivity index (χ1n) is 11.4. The van der Waals surface area contributed by atoms with Crippen LogP contribution in [0.1, 0.15) is 0 Å². The van der Waals surface area contributed by atoms with Gasteiger partial charge in [-0.1, -0.05) is 84.3 Å². The lowest BCUT2D eigenvalue weighted by Gasteiger charge is -2.29. The summed E-state index contributed by atoms with van der Waals surface area (Å²) in [6.07, 6.45) is 0. The highest BCUT2D eigenvalue weighted by molar-refractivity contribution is 6.97. The standard InChI is InChI=1S/C30H22BNO/c1-32(2)26-17-14-19-12-16-23-29-20(13-15-22(26)28(19)29)18-25-30(23)33-27-11-7-6-10-24(27)31(25)21-8-4-3-5-9-21/h3-18H,1-2H3. The summed E-state index contributed by atoms with van der Waals surface area (Å²) < 4.78 is 6.65. The molecule has 156 valence electrons. The van der Waals surface area contributed by atoms with Gasteiger partial charge in [0.15, 0.2) is 0 Å². The first-order valence-corrected chi connectivity index (χ1v) is 11.4. The number of anilines is 1. The Morgan fingerprint density at radius 2 is 1.33 bits per heavy atom. The minimum atomic E-state index is 0.144. The SMILES string of the molecule is CN(C)c1ccc2ccc3c4c(cc5ccc1c2c53)B(c1ccccc1)c1ccccc1O4. The molecular formula is C30H22BNO. The zero-order valence-corrected chi connectivity index (χ0v) is 18.7. The maximum absolute atomic E-state index is 6.65. The van der Waals surface area contributed by atoms with E-state index in [9.17, 15) is 0 Å². The molecule has 0 radical (unpaired) electrons. The molecule has 0 atom stereocenters. The number of benzene rings is 6. The molecule has 0 unspecified atom stereocenters. The zero-order valence-electron chi connectivity index (χ0n) is 18.7. The van der Waals surface area contributed by atoms with E-state index in [0.29, 0.717) is 0 Å². The average molecular weight is 423 g/mol. The van der Waals surface area contributed by atoms with Gasteiger partial charge in [-0.15, -0.1) is 0 Å². The fourth-order valence-corrected chi connectivity index (χ4v) is 5.67. The third kappa shape index (κ3) is 2.56. The highest BCUT2D eigenvalue weighted by Crippen LogP contribution is 2.42. The Kier molecular flexibility index (Phi) is 3.81. The summed E-state index contributed by atoms with van der Waals surface area (Å²) >= 11 is 0. The van der Waals surface area contributed by atoms with Crippen molar-refractivity contribution < 1.29 is 4.74 Å². The predicted octanol–water partition coefficient (Wildman–Crippen LogP) is 5.27. The molecule has 0 saturated carbocycles. The molecule has 2 nitrogen and oxygen atoms in total. The van der Waals surface area contributed by atoms with Crippen molar-refractivity contribution in [1.29, 1.82) is 0 Å². The number of nitrogens with zero attached hydrogens (tertiary/aromatic N) is 1. The van der Waals surface area contributed by atoms with Crippen LogP contribution in [0, 0.1) is 0 Å². The molecule has 0 fully saturated rings. The molecule has 0 amide bonds. The molecule has 0 aromatic heterocycles. The van der Waals surface area contributed by atoms with Gasteiger partial charge in [-0.05, 0) is 45.3 Å². The predicted molar refractivity (Wildman–Crippen MR) is 142 cm³/mol. The van der Waals surface area contributed by atoms with Gasteiger partial charge < -0.3 is 9.64 Å². The number of hydrogen-bond donors (Lipinski definition) is 0. The monoisotopic (exact) mass is 423 g/mol. The number of fused-ring (bicyclic) bond motifs is 3. The van der Waals surface area contributed by atoms with E-state index in [1.54, 1.807) is 0 Å². The molecule has 0 saturated heterocycles. The maximum Gasteiger partial charge on any atom is 0.251 e. The van der Waals surface area contributed by atoms with Crippen molar-refractivity contribution >= 4 is 61.1 Å². The lowest BCUT2D eigenvalue weighted by Crippen LogP contribution is -2.54. The van der Waals surface area contributed by atoms with Gasteiger partial charge >= 0.3 is 0 Å². The van der Waals surface area contributed by atoms with Crippen LogP contribution in [-0.2, 0) is 0 Å². The summed E-state index contributed by atoms with van der Waals surface area (Å²) in [4.78, 5) is 2.19. The zero-order chi connectivity index (χ0) is 22.1. The van der Waals surface area contributed by atoms with Gasteiger partial charge in [0.25, 0.3) is 6.71 Å². The van der Waals surface area contributed by atoms with E-state index < -0.39 is 0 Å². The third-order valence-corrected chi connectivity index (χ3v) is 7.11. The molecule has 0 aliphatic carbocycles. The Hall–Kier alpha value is -3.98. The number of ether oxygens (including phenoxy) is 1. The summed E-state index contributed by atoms with van der Waals surface area (Å²) in [6.45, 7) is 0.144. The first kappa shape index (κ1) is 18.6. The van der Waals surface area contributed by atoms with Gasteiger partial charge in [-0.25, -0.2) is 0 Å². The molecule has 33 heavy (non-hydrogen) atoms. The fraction of sp³-hybridized carbons (Fsp3) is 0.0667. The second-order valence-corrected chi connectivity index (χ2v) is 9.18. The van der Waals surface area contributed by atoms with Gasteiger partial charge in [0, 0.05) is 35.9 Å². The van der Waals surface area contributed by atoms with E-state index in [2.05, 4.69) is 116 Å². The van der Waals surface area contributed by atoms with E-state index in [1.165, 1.54) is 54.4 Å². The molecule has 0 spiro atoms. The quantitative estimate of drug-likeness (QED) is 0.278. The molecule has 6 aromatic carbocycles. The van der Waals surface area contributed by atoms with E-state index in [-0.39, 0.29) is 6.71 Å². The van der Waals surface area contributed by atoms with Crippen molar-refractivity contribution in [2.24, 2.45) is 0 Å².